The van der Waals surface area contributed by atoms with Gasteiger partial charge in [0, 0.05) is 38.4 Å². The van der Waals surface area contributed by atoms with E-state index in [9.17, 15) is 9.90 Å². The van der Waals surface area contributed by atoms with E-state index in [-0.39, 0.29) is 17.3 Å². The summed E-state index contributed by atoms with van der Waals surface area (Å²) in [5, 5.41) is 10.7. The van der Waals surface area contributed by atoms with Crippen LogP contribution in [0.3, 0.4) is 0 Å². The Morgan fingerprint density at radius 3 is 2.23 bits per heavy atom. The summed E-state index contributed by atoms with van der Waals surface area (Å²) >= 11 is 0. The summed E-state index contributed by atoms with van der Waals surface area (Å²) in [7, 11) is 1.67. The summed E-state index contributed by atoms with van der Waals surface area (Å²) in [6.07, 6.45) is 1.77. The Kier molecular flexibility index (Phi) is 6.78. The van der Waals surface area contributed by atoms with Crippen molar-refractivity contribution in [2.75, 3.05) is 38.2 Å². The lowest BCUT2D eigenvalue weighted by Gasteiger charge is -2.36. The average molecular weight is 519 g/mol. The zero-order valence-corrected chi connectivity index (χ0v) is 21.8. The van der Waals surface area contributed by atoms with Crippen LogP contribution in [-0.2, 0) is 6.54 Å². The van der Waals surface area contributed by atoms with E-state index in [4.69, 9.17) is 9.47 Å². The number of benzene rings is 4. The van der Waals surface area contributed by atoms with Crippen LogP contribution in [0.1, 0.15) is 21.5 Å². The molecule has 0 aromatic heterocycles. The second-order valence-corrected chi connectivity index (χ2v) is 9.83. The van der Waals surface area contributed by atoms with Crippen LogP contribution in [0.25, 0.3) is 17.2 Å². The number of nitrogens with zero attached hydrogens (tertiary/aromatic N) is 2. The number of ketones is 1. The van der Waals surface area contributed by atoms with Crippen LogP contribution in [0.15, 0.2) is 96.8 Å². The van der Waals surface area contributed by atoms with Crippen LogP contribution in [-0.4, -0.2) is 49.1 Å². The minimum Gasteiger partial charge on any atom is -0.507 e. The number of allylic oxidation sites excluding steroid dienone is 1. The van der Waals surface area contributed by atoms with E-state index in [0.29, 0.717) is 23.4 Å². The number of methoxy groups -OCH3 is 1. The highest BCUT2D eigenvalue weighted by molar-refractivity contribution is 6.15. The molecule has 0 spiro atoms. The number of phenolic OH excluding ortho intramolecular Hbond substituents is 1. The molecule has 2 aliphatic rings. The van der Waals surface area contributed by atoms with Gasteiger partial charge in [0.2, 0.25) is 5.78 Å². The van der Waals surface area contributed by atoms with Crippen molar-refractivity contribution in [1.29, 1.82) is 0 Å². The third-order valence-corrected chi connectivity index (χ3v) is 7.42. The highest BCUT2D eigenvalue weighted by atomic mass is 16.5. The highest BCUT2D eigenvalue weighted by Crippen LogP contribution is 2.40. The lowest BCUT2D eigenvalue weighted by Crippen LogP contribution is -2.46. The van der Waals surface area contributed by atoms with E-state index in [2.05, 4.69) is 34.1 Å². The number of anilines is 1. The van der Waals surface area contributed by atoms with E-state index >= 15 is 0 Å². The van der Waals surface area contributed by atoms with Crippen molar-refractivity contribution in [3.8, 4) is 28.4 Å². The third kappa shape index (κ3) is 5.11. The first-order chi connectivity index (χ1) is 19.1. The van der Waals surface area contributed by atoms with Gasteiger partial charge in [0.25, 0.3) is 0 Å². The largest absolute Gasteiger partial charge is 0.507 e. The Morgan fingerprint density at radius 1 is 0.846 bits per heavy atom. The first-order valence-electron chi connectivity index (χ1n) is 13.1. The molecule has 6 nitrogen and oxygen atoms in total. The molecular weight excluding hydrogens is 488 g/mol. The summed E-state index contributed by atoms with van der Waals surface area (Å²) in [5.41, 5.74) is 5.44. The Hall–Kier alpha value is -4.55. The summed E-state index contributed by atoms with van der Waals surface area (Å²) < 4.78 is 11.4. The number of hydrogen-bond acceptors (Lipinski definition) is 6. The monoisotopic (exact) mass is 518 g/mol. The second-order valence-electron chi connectivity index (χ2n) is 9.83. The van der Waals surface area contributed by atoms with E-state index in [0.717, 1.165) is 48.6 Å². The van der Waals surface area contributed by atoms with Crippen LogP contribution in [0.4, 0.5) is 5.69 Å². The summed E-state index contributed by atoms with van der Waals surface area (Å²) in [5.74, 6) is 1.56. The van der Waals surface area contributed by atoms with Crippen LogP contribution >= 0.6 is 0 Å². The lowest BCUT2D eigenvalue weighted by atomic mass is 10.0. The van der Waals surface area contributed by atoms with Crippen LogP contribution < -0.4 is 14.4 Å². The molecule has 4 aromatic carbocycles. The van der Waals surface area contributed by atoms with Gasteiger partial charge in [-0.1, -0.05) is 54.6 Å². The maximum Gasteiger partial charge on any atom is 0.231 e. The molecule has 0 radical (unpaired) electrons. The number of hydrogen-bond donors (Lipinski definition) is 1. The van der Waals surface area contributed by atoms with Crippen molar-refractivity contribution in [3.63, 3.8) is 0 Å². The van der Waals surface area contributed by atoms with Crippen molar-refractivity contribution in [2.45, 2.75) is 6.54 Å². The van der Waals surface area contributed by atoms with Gasteiger partial charge in [-0.2, -0.15) is 0 Å². The molecule has 1 saturated heterocycles. The number of aromatic hydroxyl groups is 1. The molecule has 196 valence electrons. The smallest absolute Gasteiger partial charge is 0.231 e. The third-order valence-electron chi connectivity index (χ3n) is 7.42. The number of carbonyl (C=O) groups is 1. The quantitative estimate of drug-likeness (QED) is 0.316. The molecule has 2 aliphatic heterocycles. The normalized spacial score (nSPS) is 16.3. The van der Waals surface area contributed by atoms with E-state index < -0.39 is 0 Å². The Balaban J connectivity index is 1.15. The average Bonchev–Trinajstić information content (AvgIpc) is 3.30. The van der Waals surface area contributed by atoms with Gasteiger partial charge in [0.15, 0.2) is 5.76 Å². The van der Waals surface area contributed by atoms with Gasteiger partial charge >= 0.3 is 0 Å². The standard InChI is InChI=1S/C33H30N2O4/c1-38-27-13-11-26(12-14-27)35-19-17-34(18-20-35)22-29-30(36)16-15-28-32(37)31(39-33(28)29)21-23-7-9-25(10-8-23)24-5-3-2-4-6-24/h2-16,21,36H,17-20,22H2,1H3/b31-21+. The predicted molar refractivity (Wildman–Crippen MR) is 153 cm³/mol. The van der Waals surface area contributed by atoms with Gasteiger partial charge < -0.3 is 19.5 Å². The van der Waals surface area contributed by atoms with Crippen molar-refractivity contribution >= 4 is 17.5 Å². The Bertz CT molecular complexity index is 1500. The van der Waals surface area contributed by atoms with E-state index in [1.165, 1.54) is 5.69 Å². The van der Waals surface area contributed by atoms with Gasteiger partial charge in [0.05, 0.1) is 18.2 Å². The van der Waals surface area contributed by atoms with Crippen molar-refractivity contribution in [1.82, 2.24) is 4.90 Å². The SMILES string of the molecule is COc1ccc(N2CCN(Cc3c(O)ccc4c3O/C(=C/c3ccc(-c5ccccc5)cc3)C4=O)CC2)cc1. The second kappa shape index (κ2) is 10.7. The first-order valence-corrected chi connectivity index (χ1v) is 13.1. The molecule has 6 heteroatoms. The minimum atomic E-state index is -0.164. The lowest BCUT2D eigenvalue weighted by molar-refractivity contribution is 0.101. The number of rotatable bonds is 6. The van der Waals surface area contributed by atoms with Gasteiger partial charge in [-0.05, 0) is 59.2 Å². The molecule has 4 aromatic rings. The van der Waals surface area contributed by atoms with Crippen molar-refractivity contribution in [2.24, 2.45) is 0 Å². The zero-order valence-electron chi connectivity index (χ0n) is 21.8. The number of carbonyl (C=O) groups excluding carboxylic acids is 1. The zero-order chi connectivity index (χ0) is 26.8. The molecule has 1 fully saturated rings. The first kappa shape index (κ1) is 24.8. The van der Waals surface area contributed by atoms with E-state index in [1.807, 2.05) is 54.6 Å². The molecule has 2 heterocycles. The maximum atomic E-state index is 13.2. The molecule has 0 bridgehead atoms. The Labute approximate surface area is 228 Å². The number of phenols is 1. The molecule has 0 atom stereocenters. The molecule has 0 unspecified atom stereocenters. The number of piperazine rings is 1. The fraction of sp³-hybridized carbons (Fsp3) is 0.182. The molecule has 1 N–H and O–H groups in total. The van der Waals surface area contributed by atoms with Crippen LogP contribution in [0.2, 0.25) is 0 Å². The molecule has 0 aliphatic carbocycles. The van der Waals surface area contributed by atoms with Gasteiger partial charge in [-0.25, -0.2) is 0 Å². The molecule has 0 amide bonds. The van der Waals surface area contributed by atoms with Crippen molar-refractivity contribution in [3.05, 3.63) is 113 Å². The summed E-state index contributed by atoms with van der Waals surface area (Å²) in [4.78, 5) is 17.8. The number of Topliss-reactive ketones (excluding diaryl/α,β-unsaturated/α-hetero) is 1. The van der Waals surface area contributed by atoms with Crippen LogP contribution in [0.5, 0.6) is 17.2 Å². The molecular formula is C33H30N2O4. The predicted octanol–water partition coefficient (Wildman–Crippen LogP) is 6.01. The summed E-state index contributed by atoms with van der Waals surface area (Å²) in [6, 6.07) is 29.6. The minimum absolute atomic E-state index is 0.146. The van der Waals surface area contributed by atoms with Gasteiger partial charge in [0.1, 0.15) is 17.2 Å². The van der Waals surface area contributed by atoms with E-state index in [1.54, 1.807) is 25.3 Å². The van der Waals surface area contributed by atoms with Crippen molar-refractivity contribution < 1.29 is 19.4 Å². The topological polar surface area (TPSA) is 62.2 Å². The van der Waals surface area contributed by atoms with Gasteiger partial charge in [-0.15, -0.1) is 0 Å². The Morgan fingerprint density at radius 2 is 1.54 bits per heavy atom. The van der Waals surface area contributed by atoms with Gasteiger partial charge in [-0.3, -0.25) is 9.69 Å². The maximum absolute atomic E-state index is 13.2. The van der Waals surface area contributed by atoms with Crippen LogP contribution in [0, 0.1) is 0 Å². The molecule has 6 rings (SSSR count). The fourth-order valence-corrected chi connectivity index (χ4v) is 5.18. The fourth-order valence-electron chi connectivity index (χ4n) is 5.18. The highest BCUT2D eigenvalue weighted by Gasteiger charge is 2.32. The molecule has 0 saturated carbocycles. The number of ether oxygens (including phenoxy) is 2. The summed E-state index contributed by atoms with van der Waals surface area (Å²) in [6.45, 7) is 3.91. The molecule has 39 heavy (non-hydrogen) atoms. The number of fused-ring (bicyclic) bond motifs is 1.